The number of methoxy groups -OCH3 is 2. The van der Waals surface area contributed by atoms with E-state index in [1.165, 1.54) is 5.56 Å². The van der Waals surface area contributed by atoms with Crippen LogP contribution >= 0.6 is 0 Å². The first-order valence-electron chi connectivity index (χ1n) is 8.86. The van der Waals surface area contributed by atoms with Crippen LogP contribution < -0.4 is 9.47 Å². The average molecular weight is 354 g/mol. The van der Waals surface area contributed by atoms with Crippen molar-refractivity contribution in [2.45, 2.75) is 12.5 Å². The summed E-state index contributed by atoms with van der Waals surface area (Å²) < 4.78 is 10.6. The highest BCUT2D eigenvalue weighted by atomic mass is 16.5. The molecular formula is C21H26N2O3. The fourth-order valence-electron chi connectivity index (χ4n) is 3.45. The zero-order valence-electron chi connectivity index (χ0n) is 15.6. The van der Waals surface area contributed by atoms with Gasteiger partial charge in [-0.2, -0.15) is 0 Å². The molecule has 26 heavy (non-hydrogen) atoms. The lowest BCUT2D eigenvalue weighted by Crippen LogP contribution is -2.49. The quantitative estimate of drug-likeness (QED) is 0.828. The van der Waals surface area contributed by atoms with Crippen molar-refractivity contribution in [3.8, 4) is 11.5 Å². The molecule has 1 aliphatic heterocycles. The van der Waals surface area contributed by atoms with Gasteiger partial charge in [-0.1, -0.05) is 36.4 Å². The van der Waals surface area contributed by atoms with Crippen LogP contribution in [0.5, 0.6) is 11.5 Å². The minimum absolute atomic E-state index is 0.0857. The molecule has 1 saturated heterocycles. The fourth-order valence-corrected chi connectivity index (χ4v) is 3.45. The lowest BCUT2D eigenvalue weighted by atomic mass is 10.0. The van der Waals surface area contributed by atoms with E-state index in [9.17, 15) is 4.79 Å². The van der Waals surface area contributed by atoms with Gasteiger partial charge in [0.25, 0.3) is 0 Å². The summed E-state index contributed by atoms with van der Waals surface area (Å²) in [6.07, 6.45) is 0.355. The van der Waals surface area contributed by atoms with Gasteiger partial charge in [-0.25, -0.2) is 0 Å². The lowest BCUT2D eigenvalue weighted by Gasteiger charge is -2.40. The maximum absolute atomic E-state index is 13.0. The fraction of sp³-hybridized carbons (Fsp3) is 0.381. The van der Waals surface area contributed by atoms with Crippen molar-refractivity contribution < 1.29 is 14.3 Å². The Balaban J connectivity index is 1.79. The van der Waals surface area contributed by atoms with Crippen molar-refractivity contribution in [2.75, 3.05) is 40.9 Å². The summed E-state index contributed by atoms with van der Waals surface area (Å²) in [5, 5.41) is 0. The minimum Gasteiger partial charge on any atom is -0.493 e. The van der Waals surface area contributed by atoms with Gasteiger partial charge in [-0.3, -0.25) is 4.79 Å². The number of ether oxygens (including phenoxy) is 2. The number of rotatable bonds is 5. The second-order valence-corrected chi connectivity index (χ2v) is 6.64. The topological polar surface area (TPSA) is 42.0 Å². The van der Waals surface area contributed by atoms with Crippen molar-refractivity contribution in [1.82, 2.24) is 9.80 Å². The van der Waals surface area contributed by atoms with Crippen molar-refractivity contribution >= 4 is 5.91 Å². The van der Waals surface area contributed by atoms with Crippen LogP contribution in [0.4, 0.5) is 0 Å². The molecule has 1 unspecified atom stereocenters. The van der Waals surface area contributed by atoms with Gasteiger partial charge in [0, 0.05) is 19.6 Å². The predicted molar refractivity (Wildman–Crippen MR) is 102 cm³/mol. The number of hydrogen-bond donors (Lipinski definition) is 0. The Labute approximate surface area is 155 Å². The molecule has 138 valence electrons. The predicted octanol–water partition coefficient (Wildman–Crippen LogP) is 2.76. The molecule has 0 aromatic heterocycles. The summed E-state index contributed by atoms with van der Waals surface area (Å²) in [7, 11) is 5.32. The summed E-state index contributed by atoms with van der Waals surface area (Å²) >= 11 is 0. The molecule has 1 amide bonds. The van der Waals surface area contributed by atoms with E-state index in [0.29, 0.717) is 17.9 Å². The first-order valence-corrected chi connectivity index (χ1v) is 8.86. The van der Waals surface area contributed by atoms with Crippen molar-refractivity contribution in [2.24, 2.45) is 0 Å². The Kier molecular flexibility index (Phi) is 5.78. The van der Waals surface area contributed by atoms with Crippen LogP contribution in [0.2, 0.25) is 0 Å². The SMILES string of the molecule is COc1ccc(CC(=O)N2CCN(C)CC2c2ccccc2)cc1OC. The second-order valence-electron chi connectivity index (χ2n) is 6.64. The third kappa shape index (κ3) is 3.99. The molecule has 0 spiro atoms. The van der Waals surface area contributed by atoms with E-state index in [4.69, 9.17) is 9.47 Å². The number of nitrogens with zero attached hydrogens (tertiary/aromatic N) is 2. The Morgan fingerprint density at radius 3 is 2.46 bits per heavy atom. The number of carbonyl (C=O) groups is 1. The summed E-state index contributed by atoms with van der Waals surface area (Å²) in [6.45, 7) is 2.48. The number of hydrogen-bond acceptors (Lipinski definition) is 4. The first kappa shape index (κ1) is 18.3. The van der Waals surface area contributed by atoms with Gasteiger partial charge in [0.15, 0.2) is 11.5 Å². The summed E-state index contributed by atoms with van der Waals surface area (Å²) in [6, 6.07) is 16.0. The molecule has 5 heteroatoms. The molecule has 0 saturated carbocycles. The molecule has 0 bridgehead atoms. The van der Waals surface area contributed by atoms with Crippen molar-refractivity contribution in [3.63, 3.8) is 0 Å². The van der Waals surface area contributed by atoms with Gasteiger partial charge in [0.2, 0.25) is 5.91 Å². The van der Waals surface area contributed by atoms with Crippen LogP contribution in [0.1, 0.15) is 17.2 Å². The summed E-state index contributed by atoms with van der Waals surface area (Å²) in [4.78, 5) is 17.3. The largest absolute Gasteiger partial charge is 0.493 e. The van der Waals surface area contributed by atoms with Crippen LogP contribution in [0.3, 0.4) is 0 Å². The van der Waals surface area contributed by atoms with Crippen LogP contribution in [-0.4, -0.2) is 56.6 Å². The van der Waals surface area contributed by atoms with E-state index >= 15 is 0 Å². The highest BCUT2D eigenvalue weighted by Crippen LogP contribution is 2.29. The maximum Gasteiger partial charge on any atom is 0.227 e. The monoisotopic (exact) mass is 354 g/mol. The molecule has 0 radical (unpaired) electrons. The number of benzene rings is 2. The standard InChI is InChI=1S/C21H26N2O3/c1-22-11-12-23(18(15-22)17-7-5-4-6-8-17)21(24)14-16-9-10-19(25-2)20(13-16)26-3/h4-10,13,18H,11-12,14-15H2,1-3H3. The highest BCUT2D eigenvalue weighted by molar-refractivity contribution is 5.79. The van der Waals surface area contributed by atoms with E-state index in [-0.39, 0.29) is 11.9 Å². The third-order valence-corrected chi connectivity index (χ3v) is 4.89. The molecule has 1 fully saturated rings. The molecule has 0 N–H and O–H groups in total. The number of likely N-dealkylation sites (N-methyl/N-ethyl adjacent to an activating group) is 1. The van der Waals surface area contributed by atoms with E-state index < -0.39 is 0 Å². The van der Waals surface area contributed by atoms with Gasteiger partial charge in [0.1, 0.15) is 0 Å². The van der Waals surface area contributed by atoms with E-state index in [2.05, 4.69) is 24.1 Å². The maximum atomic E-state index is 13.0. The molecule has 1 aliphatic rings. The van der Waals surface area contributed by atoms with Crippen LogP contribution in [0, 0.1) is 0 Å². The van der Waals surface area contributed by atoms with Crippen LogP contribution in [0.15, 0.2) is 48.5 Å². The first-order chi connectivity index (χ1) is 12.6. The number of amides is 1. The van der Waals surface area contributed by atoms with Crippen LogP contribution in [-0.2, 0) is 11.2 Å². The van der Waals surface area contributed by atoms with Crippen molar-refractivity contribution in [3.05, 3.63) is 59.7 Å². The summed E-state index contributed by atoms with van der Waals surface area (Å²) in [5.74, 6) is 1.46. The smallest absolute Gasteiger partial charge is 0.227 e. The Hall–Kier alpha value is -2.53. The van der Waals surface area contributed by atoms with Crippen molar-refractivity contribution in [1.29, 1.82) is 0 Å². The molecular weight excluding hydrogens is 328 g/mol. The second kappa shape index (κ2) is 8.23. The van der Waals surface area contributed by atoms with E-state index in [1.807, 2.05) is 41.3 Å². The van der Waals surface area contributed by atoms with Gasteiger partial charge in [-0.05, 0) is 30.3 Å². The van der Waals surface area contributed by atoms with E-state index in [1.54, 1.807) is 14.2 Å². The lowest BCUT2D eigenvalue weighted by molar-refractivity contribution is -0.135. The molecule has 0 aliphatic carbocycles. The number of piperazine rings is 1. The highest BCUT2D eigenvalue weighted by Gasteiger charge is 2.30. The van der Waals surface area contributed by atoms with Crippen LogP contribution in [0.25, 0.3) is 0 Å². The molecule has 1 heterocycles. The van der Waals surface area contributed by atoms with E-state index in [0.717, 1.165) is 25.2 Å². The molecule has 3 rings (SSSR count). The normalized spacial score (nSPS) is 17.8. The molecule has 2 aromatic carbocycles. The zero-order chi connectivity index (χ0) is 18.5. The average Bonchev–Trinajstić information content (AvgIpc) is 2.68. The Bertz CT molecular complexity index is 748. The van der Waals surface area contributed by atoms with Gasteiger partial charge in [-0.15, -0.1) is 0 Å². The third-order valence-electron chi connectivity index (χ3n) is 4.89. The van der Waals surface area contributed by atoms with Gasteiger partial charge >= 0.3 is 0 Å². The van der Waals surface area contributed by atoms with Gasteiger partial charge < -0.3 is 19.3 Å². The molecule has 1 atom stereocenters. The van der Waals surface area contributed by atoms with Gasteiger partial charge in [0.05, 0.1) is 26.7 Å². The molecule has 5 nitrogen and oxygen atoms in total. The minimum atomic E-state index is 0.0857. The number of carbonyl (C=O) groups excluding carboxylic acids is 1. The Morgan fingerprint density at radius 1 is 1.04 bits per heavy atom. The zero-order valence-corrected chi connectivity index (χ0v) is 15.6. The molecule has 2 aromatic rings. The summed E-state index contributed by atoms with van der Waals surface area (Å²) in [5.41, 5.74) is 2.11. The Morgan fingerprint density at radius 2 is 1.77 bits per heavy atom.